The second-order valence-corrected chi connectivity index (χ2v) is 8.14. The average molecular weight is 364 g/mol. The standard InChI is InChI=1S/C19H28N2O5/c1-18(2,3)17(24)20-10-14-15(22)19(4,12-26-14)11-21(25)16(23)13-8-6-5-7-9-13/h5-9,14-15,22,25H,10-12H2,1-4H3,(H,20,24)/t14-,15-,19-/m1/s1. The minimum Gasteiger partial charge on any atom is -0.390 e. The molecule has 1 aliphatic rings. The fourth-order valence-electron chi connectivity index (χ4n) is 2.83. The Kier molecular flexibility index (Phi) is 6.05. The van der Waals surface area contributed by atoms with E-state index in [-0.39, 0.29) is 25.6 Å². The van der Waals surface area contributed by atoms with Gasteiger partial charge in [-0.2, -0.15) is 0 Å². The lowest BCUT2D eigenvalue weighted by Gasteiger charge is -2.31. The van der Waals surface area contributed by atoms with Crippen LogP contribution in [0.5, 0.6) is 0 Å². The molecule has 3 N–H and O–H groups in total. The summed E-state index contributed by atoms with van der Waals surface area (Å²) in [5.41, 5.74) is -1.01. The van der Waals surface area contributed by atoms with Crippen molar-refractivity contribution in [2.24, 2.45) is 10.8 Å². The minimum atomic E-state index is -0.930. The van der Waals surface area contributed by atoms with Crippen molar-refractivity contribution in [2.75, 3.05) is 19.7 Å². The first-order valence-electron chi connectivity index (χ1n) is 8.68. The Hall–Kier alpha value is -1.96. The van der Waals surface area contributed by atoms with E-state index < -0.39 is 28.9 Å². The third kappa shape index (κ3) is 4.60. The van der Waals surface area contributed by atoms with Crippen molar-refractivity contribution in [3.63, 3.8) is 0 Å². The summed E-state index contributed by atoms with van der Waals surface area (Å²) >= 11 is 0. The van der Waals surface area contributed by atoms with Gasteiger partial charge in [0.25, 0.3) is 5.91 Å². The van der Waals surface area contributed by atoms with Crippen molar-refractivity contribution in [3.05, 3.63) is 35.9 Å². The molecule has 26 heavy (non-hydrogen) atoms. The van der Waals surface area contributed by atoms with Gasteiger partial charge in [-0.3, -0.25) is 14.8 Å². The average Bonchev–Trinajstić information content (AvgIpc) is 2.86. The summed E-state index contributed by atoms with van der Waals surface area (Å²) in [6, 6.07) is 8.43. The molecule has 1 saturated heterocycles. The van der Waals surface area contributed by atoms with E-state index in [1.807, 2.05) is 0 Å². The topological polar surface area (TPSA) is 99.1 Å². The number of ether oxygens (including phenoxy) is 1. The van der Waals surface area contributed by atoms with Gasteiger partial charge in [-0.25, -0.2) is 5.06 Å². The zero-order valence-electron chi connectivity index (χ0n) is 15.7. The van der Waals surface area contributed by atoms with Crippen LogP contribution < -0.4 is 5.32 Å². The second kappa shape index (κ2) is 7.73. The number of nitrogens with one attached hydrogen (secondary N) is 1. The number of hydrogen-bond acceptors (Lipinski definition) is 5. The highest BCUT2D eigenvalue weighted by Crippen LogP contribution is 2.33. The van der Waals surface area contributed by atoms with Gasteiger partial charge in [0.05, 0.1) is 19.3 Å². The number of hydrogen-bond donors (Lipinski definition) is 3. The number of hydroxylamine groups is 2. The lowest BCUT2D eigenvalue weighted by atomic mass is 9.84. The van der Waals surface area contributed by atoms with Crippen LogP contribution in [0.4, 0.5) is 0 Å². The van der Waals surface area contributed by atoms with E-state index in [0.717, 1.165) is 0 Å². The molecule has 7 nitrogen and oxygen atoms in total. The third-order valence-corrected chi connectivity index (χ3v) is 4.60. The quantitative estimate of drug-likeness (QED) is 0.542. The first kappa shape index (κ1) is 20.4. The van der Waals surface area contributed by atoms with Crippen LogP contribution in [-0.4, -0.2) is 59.1 Å². The predicted molar refractivity (Wildman–Crippen MR) is 95.6 cm³/mol. The minimum absolute atomic E-state index is 0.0778. The highest BCUT2D eigenvalue weighted by Gasteiger charge is 2.47. The summed E-state index contributed by atoms with van der Waals surface area (Å²) in [5.74, 6) is -0.673. The second-order valence-electron chi connectivity index (χ2n) is 8.14. The van der Waals surface area contributed by atoms with Crippen molar-refractivity contribution in [1.29, 1.82) is 0 Å². The molecular formula is C19H28N2O5. The molecule has 7 heteroatoms. The molecule has 0 unspecified atom stereocenters. The van der Waals surface area contributed by atoms with Crippen LogP contribution in [-0.2, 0) is 9.53 Å². The molecule has 0 radical (unpaired) electrons. The van der Waals surface area contributed by atoms with Crippen molar-refractivity contribution in [1.82, 2.24) is 10.4 Å². The summed E-state index contributed by atoms with van der Waals surface area (Å²) < 4.78 is 5.62. The number of carbonyl (C=O) groups is 2. The van der Waals surface area contributed by atoms with Crippen LogP contribution in [0.25, 0.3) is 0 Å². The van der Waals surface area contributed by atoms with Crippen molar-refractivity contribution < 1.29 is 24.6 Å². The van der Waals surface area contributed by atoms with Gasteiger partial charge in [-0.1, -0.05) is 45.9 Å². The molecule has 0 aromatic heterocycles. The maximum Gasteiger partial charge on any atom is 0.277 e. The summed E-state index contributed by atoms with van der Waals surface area (Å²) in [6.45, 7) is 7.41. The summed E-state index contributed by atoms with van der Waals surface area (Å²) in [6.07, 6.45) is -1.52. The molecule has 1 heterocycles. The number of amides is 2. The van der Waals surface area contributed by atoms with Crippen LogP contribution >= 0.6 is 0 Å². The molecular weight excluding hydrogens is 336 g/mol. The van der Waals surface area contributed by atoms with Gasteiger partial charge in [-0.05, 0) is 12.1 Å². The van der Waals surface area contributed by atoms with E-state index in [1.165, 1.54) is 0 Å². The molecule has 1 aromatic carbocycles. The van der Waals surface area contributed by atoms with Crippen molar-refractivity contribution in [2.45, 2.75) is 39.9 Å². The molecule has 1 fully saturated rings. The number of rotatable bonds is 5. The predicted octanol–water partition coefficient (Wildman–Crippen LogP) is 1.45. The number of nitrogens with zero attached hydrogens (tertiary/aromatic N) is 1. The number of aliphatic hydroxyl groups excluding tert-OH is 1. The SMILES string of the molecule is CC(C)(C)C(=O)NC[C@H]1OC[C@@](C)(CN(O)C(=O)c2ccccc2)[C@@H]1O. The summed E-state index contributed by atoms with van der Waals surface area (Å²) in [7, 11) is 0. The van der Waals surface area contributed by atoms with Gasteiger partial charge in [0.1, 0.15) is 6.10 Å². The zero-order valence-corrected chi connectivity index (χ0v) is 15.7. The Morgan fingerprint density at radius 2 is 1.92 bits per heavy atom. The third-order valence-electron chi connectivity index (χ3n) is 4.60. The lowest BCUT2D eigenvalue weighted by molar-refractivity contribution is -0.129. The van der Waals surface area contributed by atoms with E-state index in [0.29, 0.717) is 10.6 Å². The molecule has 2 amide bonds. The first-order valence-corrected chi connectivity index (χ1v) is 8.68. The van der Waals surface area contributed by atoms with Crippen LogP contribution in [0.15, 0.2) is 30.3 Å². The van der Waals surface area contributed by atoms with E-state index in [1.54, 1.807) is 58.0 Å². The van der Waals surface area contributed by atoms with E-state index in [2.05, 4.69) is 5.32 Å². The summed E-state index contributed by atoms with van der Waals surface area (Å²) in [4.78, 5) is 24.3. The molecule has 0 aliphatic carbocycles. The van der Waals surface area contributed by atoms with Crippen molar-refractivity contribution >= 4 is 11.8 Å². The van der Waals surface area contributed by atoms with Crippen molar-refractivity contribution in [3.8, 4) is 0 Å². The molecule has 0 bridgehead atoms. The highest BCUT2D eigenvalue weighted by molar-refractivity contribution is 5.93. The number of aliphatic hydroxyl groups is 1. The molecule has 144 valence electrons. The molecule has 1 aliphatic heterocycles. The fourth-order valence-corrected chi connectivity index (χ4v) is 2.83. The van der Waals surface area contributed by atoms with Crippen LogP contribution in [0.1, 0.15) is 38.1 Å². The van der Waals surface area contributed by atoms with Gasteiger partial charge in [-0.15, -0.1) is 0 Å². The Balaban J connectivity index is 1.95. The Morgan fingerprint density at radius 3 is 2.50 bits per heavy atom. The number of benzene rings is 1. The molecule has 0 saturated carbocycles. The largest absolute Gasteiger partial charge is 0.390 e. The van der Waals surface area contributed by atoms with E-state index in [4.69, 9.17) is 4.74 Å². The Labute approximate surface area is 153 Å². The highest BCUT2D eigenvalue weighted by atomic mass is 16.5. The maximum absolute atomic E-state index is 12.3. The van der Waals surface area contributed by atoms with Gasteiger partial charge in [0, 0.05) is 22.9 Å². The van der Waals surface area contributed by atoms with Gasteiger partial charge in [0.15, 0.2) is 0 Å². The van der Waals surface area contributed by atoms with Crippen LogP contribution in [0, 0.1) is 10.8 Å². The fraction of sp³-hybridized carbons (Fsp3) is 0.579. The van der Waals surface area contributed by atoms with Gasteiger partial charge < -0.3 is 15.2 Å². The van der Waals surface area contributed by atoms with Gasteiger partial charge >= 0.3 is 0 Å². The maximum atomic E-state index is 12.3. The lowest BCUT2D eigenvalue weighted by Crippen LogP contribution is -2.48. The smallest absolute Gasteiger partial charge is 0.277 e. The van der Waals surface area contributed by atoms with E-state index >= 15 is 0 Å². The summed E-state index contributed by atoms with van der Waals surface area (Å²) in [5, 5.41) is 24.1. The molecule has 0 spiro atoms. The Morgan fingerprint density at radius 1 is 1.31 bits per heavy atom. The molecule has 3 atom stereocenters. The zero-order chi connectivity index (χ0) is 19.5. The first-order chi connectivity index (χ1) is 12.0. The molecule has 1 aromatic rings. The van der Waals surface area contributed by atoms with E-state index in [9.17, 15) is 19.9 Å². The normalized spacial score (nSPS) is 25.8. The number of carbonyl (C=O) groups excluding carboxylic acids is 2. The van der Waals surface area contributed by atoms with Gasteiger partial charge in [0.2, 0.25) is 5.91 Å². The monoisotopic (exact) mass is 364 g/mol. The molecule has 2 rings (SSSR count). The van der Waals surface area contributed by atoms with Crippen LogP contribution in [0.2, 0.25) is 0 Å². The van der Waals surface area contributed by atoms with Crippen LogP contribution in [0.3, 0.4) is 0 Å². The Bertz CT molecular complexity index is 643.